The van der Waals surface area contributed by atoms with E-state index in [1.165, 1.54) is 0 Å². The molecule has 2 aliphatic carbocycles. The Morgan fingerprint density at radius 2 is 1.30 bits per heavy atom. The molecule has 2 rings (SSSR count). The van der Waals surface area contributed by atoms with Crippen LogP contribution in [-0.4, -0.2) is 28.6 Å². The summed E-state index contributed by atoms with van der Waals surface area (Å²) in [6.07, 6.45) is 24.5. The van der Waals surface area contributed by atoms with Crippen LogP contribution in [0.25, 0.3) is 0 Å². The Balaban J connectivity index is 1.91. The van der Waals surface area contributed by atoms with Crippen LogP contribution in [0.4, 0.5) is 0 Å². The lowest BCUT2D eigenvalue weighted by molar-refractivity contribution is -0.145. The van der Waals surface area contributed by atoms with Crippen molar-refractivity contribution in [1.29, 1.82) is 0 Å². The molecule has 0 spiro atoms. The van der Waals surface area contributed by atoms with Crippen molar-refractivity contribution in [3.63, 3.8) is 0 Å². The predicted octanol–water partition coefficient (Wildman–Crippen LogP) is 8.58. The van der Waals surface area contributed by atoms with Gasteiger partial charge in [-0.1, -0.05) is 137 Å². The van der Waals surface area contributed by atoms with Gasteiger partial charge in [0.25, 0.3) is 0 Å². The van der Waals surface area contributed by atoms with Gasteiger partial charge in [0.1, 0.15) is 0 Å². The highest BCUT2D eigenvalue weighted by molar-refractivity contribution is 6.38. The summed E-state index contributed by atoms with van der Waals surface area (Å²) in [6, 6.07) is 0. The van der Waals surface area contributed by atoms with E-state index in [-0.39, 0.29) is 46.4 Å². The van der Waals surface area contributed by atoms with Gasteiger partial charge >= 0.3 is 0 Å². The van der Waals surface area contributed by atoms with E-state index in [2.05, 4.69) is 25.7 Å². The van der Waals surface area contributed by atoms with Crippen LogP contribution >= 0.6 is 0 Å². The van der Waals surface area contributed by atoms with E-state index in [9.17, 15) is 19.5 Å². The molecule has 0 heterocycles. The molecule has 4 heteroatoms. The first kappa shape index (κ1) is 36.6. The van der Waals surface area contributed by atoms with Crippen LogP contribution in [0.5, 0.6) is 0 Å². The van der Waals surface area contributed by atoms with Crippen LogP contribution in [0.3, 0.4) is 0 Å². The maximum absolute atomic E-state index is 12.9. The Labute approximate surface area is 266 Å². The molecule has 0 bridgehead atoms. The van der Waals surface area contributed by atoms with Gasteiger partial charge in [-0.05, 0) is 63.0 Å². The molecule has 0 aromatic heterocycles. The highest BCUT2D eigenvalue weighted by atomic mass is 16.3. The summed E-state index contributed by atoms with van der Waals surface area (Å²) in [5.74, 6) is 5.42. The van der Waals surface area contributed by atoms with Gasteiger partial charge in [-0.15, -0.1) is 0 Å². The Morgan fingerprint density at radius 3 is 1.84 bits per heavy atom. The molecular formula is C40H52O4. The van der Waals surface area contributed by atoms with Gasteiger partial charge in [-0.2, -0.15) is 0 Å². The second kappa shape index (κ2) is 15.4. The molecule has 0 saturated heterocycles. The molecule has 44 heavy (non-hydrogen) atoms. The van der Waals surface area contributed by atoms with Gasteiger partial charge < -0.3 is 5.11 Å². The molecule has 2 unspecified atom stereocenters. The zero-order valence-electron chi connectivity index (χ0n) is 28.5. The van der Waals surface area contributed by atoms with E-state index in [4.69, 9.17) is 0 Å². The SMILES string of the molecule is CC(C#CC1C(C)C(=O)C(=O)CC1(C)C)=CC=CC(C)=CC=CC=C(C)C=CC=C(C)C=CC(=O)[C@@]1(C)C[C@H](O)CC1(C)C. The predicted molar refractivity (Wildman–Crippen MR) is 183 cm³/mol. The maximum Gasteiger partial charge on any atom is 0.202 e. The highest BCUT2D eigenvalue weighted by Crippen LogP contribution is 2.53. The van der Waals surface area contributed by atoms with Gasteiger partial charge in [-0.25, -0.2) is 0 Å². The van der Waals surface area contributed by atoms with Gasteiger partial charge in [0, 0.05) is 23.7 Å². The molecule has 2 aliphatic rings. The second-order valence-corrected chi connectivity index (χ2v) is 14.1. The lowest BCUT2D eigenvalue weighted by Crippen LogP contribution is -2.43. The molecule has 0 amide bonds. The number of aliphatic hydroxyl groups excluding tert-OH is 1. The van der Waals surface area contributed by atoms with E-state index in [0.29, 0.717) is 12.8 Å². The number of carbonyl (C=O) groups excluding carboxylic acids is 3. The topological polar surface area (TPSA) is 71.4 Å². The molecule has 0 aromatic rings. The average molecular weight is 597 g/mol. The molecule has 236 valence electrons. The molecular weight excluding hydrogens is 544 g/mol. The van der Waals surface area contributed by atoms with Crippen LogP contribution in [0.1, 0.15) is 88.5 Å². The highest BCUT2D eigenvalue weighted by Gasteiger charge is 2.52. The molecule has 1 N–H and O–H groups in total. The fourth-order valence-electron chi connectivity index (χ4n) is 5.98. The summed E-state index contributed by atoms with van der Waals surface area (Å²) in [5, 5.41) is 10.1. The fraction of sp³-hybridized carbons (Fsp3) is 0.475. The average Bonchev–Trinajstić information content (AvgIpc) is 3.14. The van der Waals surface area contributed by atoms with E-state index in [1.807, 2.05) is 122 Å². The molecule has 0 aromatic carbocycles. The van der Waals surface area contributed by atoms with Crippen LogP contribution in [0.15, 0.2) is 95.2 Å². The first-order valence-corrected chi connectivity index (χ1v) is 15.6. The summed E-state index contributed by atoms with van der Waals surface area (Å²) in [7, 11) is 0. The molecule has 4 atom stereocenters. The van der Waals surface area contributed by atoms with E-state index < -0.39 is 11.5 Å². The minimum atomic E-state index is -0.545. The van der Waals surface area contributed by atoms with Crippen molar-refractivity contribution in [3.05, 3.63) is 95.2 Å². The standard InChI is InChI=1S/C40H52O4/c1-28(17-13-19-30(3)21-23-34-32(5)37(44)35(42)27-38(34,6)7)15-11-12-16-29(2)18-14-20-31(4)22-24-36(43)40(10)26-33(41)25-39(40,8)9/h11-20,22,24,32-34,41H,25-27H2,1-10H3/t32?,33-,34?,40-/m1/s1. The Hall–Kier alpha value is -3.55. The number of hydrogen-bond acceptors (Lipinski definition) is 4. The van der Waals surface area contributed by atoms with Crippen molar-refractivity contribution in [3.8, 4) is 11.8 Å². The van der Waals surface area contributed by atoms with Crippen molar-refractivity contribution in [2.24, 2.45) is 28.1 Å². The number of aliphatic hydroxyl groups is 1. The third-order valence-electron chi connectivity index (χ3n) is 9.25. The first-order valence-electron chi connectivity index (χ1n) is 15.6. The number of ketones is 3. The number of allylic oxidation sites excluding steroid dienone is 16. The normalized spacial score (nSPS) is 28.5. The smallest absolute Gasteiger partial charge is 0.202 e. The zero-order chi connectivity index (χ0) is 33.3. The molecule has 0 radical (unpaired) electrons. The van der Waals surface area contributed by atoms with Crippen molar-refractivity contribution >= 4 is 17.3 Å². The van der Waals surface area contributed by atoms with E-state index in [1.54, 1.807) is 6.08 Å². The summed E-state index contributed by atoms with van der Waals surface area (Å²) >= 11 is 0. The lowest BCUT2D eigenvalue weighted by atomic mass is 9.63. The van der Waals surface area contributed by atoms with Crippen molar-refractivity contribution in [2.75, 3.05) is 0 Å². The summed E-state index contributed by atoms with van der Waals surface area (Å²) in [5.41, 5.74) is 2.99. The van der Waals surface area contributed by atoms with Crippen LogP contribution in [-0.2, 0) is 14.4 Å². The Bertz CT molecular complexity index is 1420. The number of rotatable bonds is 9. The van der Waals surface area contributed by atoms with Crippen molar-refractivity contribution < 1.29 is 19.5 Å². The minimum absolute atomic E-state index is 0.0712. The molecule has 4 nitrogen and oxygen atoms in total. The largest absolute Gasteiger partial charge is 0.393 e. The monoisotopic (exact) mass is 596 g/mol. The Morgan fingerprint density at radius 1 is 0.773 bits per heavy atom. The quantitative estimate of drug-likeness (QED) is 0.125. The zero-order valence-corrected chi connectivity index (χ0v) is 28.5. The van der Waals surface area contributed by atoms with Crippen LogP contribution in [0, 0.1) is 39.9 Å². The minimum Gasteiger partial charge on any atom is -0.393 e. The first-order chi connectivity index (χ1) is 20.4. The third-order valence-corrected chi connectivity index (χ3v) is 9.25. The summed E-state index contributed by atoms with van der Waals surface area (Å²) in [4.78, 5) is 37.0. The third kappa shape index (κ3) is 10.00. The molecule has 2 fully saturated rings. The van der Waals surface area contributed by atoms with Gasteiger partial charge in [0.05, 0.1) is 6.10 Å². The molecule has 0 aliphatic heterocycles. The van der Waals surface area contributed by atoms with E-state index >= 15 is 0 Å². The van der Waals surface area contributed by atoms with Crippen LogP contribution < -0.4 is 0 Å². The lowest BCUT2D eigenvalue weighted by Gasteiger charge is -2.37. The Kier molecular flexibility index (Phi) is 12.9. The second-order valence-electron chi connectivity index (χ2n) is 14.1. The van der Waals surface area contributed by atoms with Gasteiger partial charge in [0.2, 0.25) is 5.78 Å². The maximum atomic E-state index is 12.9. The van der Waals surface area contributed by atoms with Crippen molar-refractivity contribution in [2.45, 2.75) is 94.6 Å². The van der Waals surface area contributed by atoms with E-state index in [0.717, 1.165) is 22.3 Å². The number of Topliss-reactive ketones (excluding diaryl/α,β-unsaturated/α-hetero) is 2. The fourth-order valence-corrected chi connectivity index (χ4v) is 5.98. The van der Waals surface area contributed by atoms with Crippen LogP contribution in [0.2, 0.25) is 0 Å². The van der Waals surface area contributed by atoms with Crippen molar-refractivity contribution in [1.82, 2.24) is 0 Å². The molecule has 2 saturated carbocycles. The number of carbonyl (C=O) groups is 3. The van der Waals surface area contributed by atoms with Gasteiger partial charge in [0.15, 0.2) is 11.6 Å². The summed E-state index contributed by atoms with van der Waals surface area (Å²) < 4.78 is 0. The summed E-state index contributed by atoms with van der Waals surface area (Å²) in [6.45, 7) is 19.9. The number of hydrogen-bond donors (Lipinski definition) is 1. The van der Waals surface area contributed by atoms with Gasteiger partial charge in [-0.3, -0.25) is 14.4 Å².